The Kier molecular flexibility index (Phi) is 22.0. The number of halogens is 1. The van der Waals surface area contributed by atoms with Crippen molar-refractivity contribution >= 4 is 16.8 Å². The Bertz CT molecular complexity index is 2050. The number of rotatable bonds is 17. The van der Waals surface area contributed by atoms with E-state index in [1.807, 2.05) is 53.6 Å². The molecule has 3 aliphatic rings. The first-order valence-electron chi connectivity index (χ1n) is 26.3. The Hall–Kier alpha value is -2.57. The highest BCUT2D eigenvalue weighted by Gasteiger charge is 2.54. The smallest absolute Gasteiger partial charge is 0.309 e. The third-order valence-electron chi connectivity index (χ3n) is 16.5. The molecule has 18 nitrogen and oxygen atoms in total. The Morgan fingerprint density at radius 1 is 1.00 bits per heavy atom. The van der Waals surface area contributed by atoms with Crippen LogP contribution in [-0.2, 0) is 50.4 Å². The molecule has 5 N–H and O–H groups in total. The van der Waals surface area contributed by atoms with Crippen molar-refractivity contribution in [2.75, 3.05) is 60.4 Å². The predicted octanol–water partition coefficient (Wildman–Crippen LogP) is 4.41. The van der Waals surface area contributed by atoms with Crippen molar-refractivity contribution < 1.29 is 67.3 Å². The van der Waals surface area contributed by atoms with Crippen molar-refractivity contribution in [2.24, 2.45) is 23.7 Å². The number of cyclic esters (lactones) is 1. The van der Waals surface area contributed by atoms with Crippen LogP contribution in [0.1, 0.15) is 125 Å². The molecular weight excluding hydrogens is 966 g/mol. The number of carbonyl (C=O) groups is 1. The molecule has 73 heavy (non-hydrogen) atoms. The zero-order chi connectivity index (χ0) is 54.3. The second-order valence-corrected chi connectivity index (χ2v) is 23.9. The van der Waals surface area contributed by atoms with Gasteiger partial charge in [0.2, 0.25) is 0 Å². The van der Waals surface area contributed by atoms with Gasteiger partial charge in [0.05, 0.1) is 70.4 Å². The van der Waals surface area contributed by atoms with Gasteiger partial charge in [-0.1, -0.05) is 45.0 Å². The van der Waals surface area contributed by atoms with Crippen molar-refractivity contribution in [1.29, 1.82) is 0 Å². The highest BCUT2D eigenvalue weighted by Crippen LogP contribution is 2.45. The molecule has 2 aromatic rings. The number of likely N-dealkylation sites (N-methyl/N-ethyl adjacent to an activating group) is 2. The number of ether oxygens (including phenoxy) is 6. The van der Waals surface area contributed by atoms with Crippen LogP contribution in [0.2, 0.25) is 0 Å². The lowest BCUT2D eigenvalue weighted by Gasteiger charge is -2.51. The second kappa shape index (κ2) is 26.2. The molecule has 20 heteroatoms. The average molecular weight is 1060 g/mol. The van der Waals surface area contributed by atoms with Crippen LogP contribution in [0.3, 0.4) is 0 Å². The molecule has 3 fully saturated rings. The van der Waals surface area contributed by atoms with E-state index in [-0.39, 0.29) is 49.7 Å². The van der Waals surface area contributed by atoms with E-state index >= 15 is 0 Å². The van der Waals surface area contributed by atoms with Crippen LogP contribution in [0.15, 0.2) is 35.4 Å². The van der Waals surface area contributed by atoms with Gasteiger partial charge in [0.15, 0.2) is 6.29 Å². The number of methoxy groups -OCH3 is 2. The van der Waals surface area contributed by atoms with E-state index in [0.29, 0.717) is 48.5 Å². The SMILES string of the molecule is CC[C@H]1OC(=O)[C@H](C)[C@@H](C2C[C@@](C)(OC)[C@@H](O)[C@H](C)O2)[C@H](C)[C@@H](O[C@H]2C[C@@H](N(C)CCc3cn([C@H](CF)[C@H](OC)c4ccc(S(=O)CCO)cc4)nn3)C[C@@H](C)O2)[C@](C)(O)C[C@@H](C)CN(C)[C@H](C)[C@@H](O)C1(C)O. The third-order valence-corrected chi connectivity index (χ3v) is 17.9. The maximum absolute atomic E-state index is 14.8. The van der Waals surface area contributed by atoms with Gasteiger partial charge >= 0.3 is 5.97 Å². The predicted molar refractivity (Wildman–Crippen MR) is 274 cm³/mol. The molecule has 0 bridgehead atoms. The van der Waals surface area contributed by atoms with Crippen LogP contribution in [-0.4, -0.2) is 199 Å². The standard InChI is InChI=1S/C53H90FN5O13S/c1-15-43-53(10,65)47(61)35(6)58(12)29-31(2)26-51(8,64)49(33(4)45(34(5)50(63)71-43)42-27-52(9,68-14)48(62)36(7)70-42)72-44-25-39(24-32(3)69-44)57(11)21-20-38-30-59(56-55-38)41(28-54)46(67-13)37-16-18-40(19-17-37)73(66)23-22-60/h16-19,30-36,39,41-49,60-62,64-65H,15,20-29H2,1-14H3/t31-,32-,33+,34-,35-,36+,39+,41-,42?,43-,44+,45+,46-,47-,48+,49-,51-,52-,53?,73?/m1/s1. The van der Waals surface area contributed by atoms with E-state index < -0.39 is 119 Å². The number of nitrogens with zero attached hydrogens (tertiary/aromatic N) is 5. The summed E-state index contributed by atoms with van der Waals surface area (Å²) in [5, 5.41) is 65.8. The summed E-state index contributed by atoms with van der Waals surface area (Å²) in [4.78, 5) is 19.4. The van der Waals surface area contributed by atoms with E-state index in [1.54, 1.807) is 65.3 Å². The van der Waals surface area contributed by atoms with Crippen LogP contribution in [0.5, 0.6) is 0 Å². The molecule has 1 aromatic heterocycles. The highest BCUT2D eigenvalue weighted by atomic mass is 32.2. The number of hydrogen-bond donors (Lipinski definition) is 5. The Balaban J connectivity index is 1.42. The van der Waals surface area contributed by atoms with Gasteiger partial charge in [-0.3, -0.25) is 9.00 Å². The van der Waals surface area contributed by atoms with Crippen LogP contribution < -0.4 is 0 Å². The minimum Gasteiger partial charge on any atom is -0.459 e. The second-order valence-electron chi connectivity index (χ2n) is 22.3. The zero-order valence-corrected chi connectivity index (χ0v) is 46.7. The van der Waals surface area contributed by atoms with E-state index in [4.69, 9.17) is 28.4 Å². The van der Waals surface area contributed by atoms with Gasteiger partial charge in [-0.15, -0.1) is 5.10 Å². The summed E-state index contributed by atoms with van der Waals surface area (Å²) >= 11 is 0. The summed E-state index contributed by atoms with van der Waals surface area (Å²) in [5.41, 5.74) is -3.01. The summed E-state index contributed by atoms with van der Waals surface area (Å²) in [6, 6.07) is 5.50. The first-order valence-corrected chi connectivity index (χ1v) is 27.6. The van der Waals surface area contributed by atoms with Crippen molar-refractivity contribution in [3.8, 4) is 0 Å². The van der Waals surface area contributed by atoms with Gasteiger partial charge in [0.1, 0.15) is 42.7 Å². The number of alkyl halides is 1. The Labute approximate surface area is 436 Å². The van der Waals surface area contributed by atoms with Crippen LogP contribution in [0.25, 0.3) is 0 Å². The number of carbonyl (C=O) groups excluding carboxylic acids is 1. The van der Waals surface area contributed by atoms with E-state index in [1.165, 1.54) is 18.7 Å². The maximum atomic E-state index is 14.8. The van der Waals surface area contributed by atoms with E-state index in [0.717, 1.165) is 0 Å². The number of aliphatic hydroxyl groups excluding tert-OH is 3. The summed E-state index contributed by atoms with van der Waals surface area (Å²) in [6.45, 7) is 18.3. The quantitative estimate of drug-likeness (QED) is 0.138. The molecule has 418 valence electrons. The van der Waals surface area contributed by atoms with Gasteiger partial charge in [0, 0.05) is 75.7 Å². The Morgan fingerprint density at radius 2 is 1.67 bits per heavy atom. The molecule has 20 atom stereocenters. The molecule has 3 unspecified atom stereocenters. The molecule has 0 aliphatic carbocycles. The summed E-state index contributed by atoms with van der Waals surface area (Å²) in [6.07, 6.45) is -3.20. The molecule has 0 saturated carbocycles. The maximum Gasteiger partial charge on any atom is 0.309 e. The lowest BCUT2D eigenvalue weighted by Crippen LogP contribution is -2.61. The molecular formula is C53H90FN5O13S. The normalized spacial score (nSPS) is 39.1. The Morgan fingerprint density at radius 3 is 2.27 bits per heavy atom. The minimum atomic E-state index is -1.81. The fraction of sp³-hybridized carbons (Fsp3) is 0.830. The summed E-state index contributed by atoms with van der Waals surface area (Å²) in [7, 11) is 5.58. The number of aliphatic hydroxyl groups is 5. The van der Waals surface area contributed by atoms with Gasteiger partial charge < -0.3 is 63.8 Å². The minimum absolute atomic E-state index is 0.0205. The van der Waals surface area contributed by atoms with Crippen LogP contribution in [0, 0.1) is 23.7 Å². The van der Waals surface area contributed by atoms with Crippen LogP contribution in [0.4, 0.5) is 4.39 Å². The van der Waals surface area contributed by atoms with Gasteiger partial charge in [-0.2, -0.15) is 0 Å². The molecule has 0 radical (unpaired) electrons. The van der Waals surface area contributed by atoms with Gasteiger partial charge in [-0.25, -0.2) is 9.07 Å². The van der Waals surface area contributed by atoms with Crippen molar-refractivity contribution in [3.63, 3.8) is 0 Å². The molecule has 3 saturated heterocycles. The van der Waals surface area contributed by atoms with E-state index in [2.05, 4.69) is 15.2 Å². The average Bonchev–Trinajstić information content (AvgIpc) is 3.82. The van der Waals surface area contributed by atoms with Crippen LogP contribution >= 0.6 is 0 Å². The first-order chi connectivity index (χ1) is 34.3. The molecule has 5 rings (SSSR count). The highest BCUT2D eigenvalue weighted by molar-refractivity contribution is 7.85. The summed E-state index contributed by atoms with van der Waals surface area (Å²) < 4.78 is 67.0. The van der Waals surface area contributed by atoms with Crippen molar-refractivity contribution in [1.82, 2.24) is 24.8 Å². The van der Waals surface area contributed by atoms with Crippen molar-refractivity contribution in [2.45, 2.75) is 203 Å². The van der Waals surface area contributed by atoms with Gasteiger partial charge in [0.25, 0.3) is 0 Å². The largest absolute Gasteiger partial charge is 0.459 e. The molecule has 0 spiro atoms. The zero-order valence-electron chi connectivity index (χ0n) is 45.9. The monoisotopic (exact) mass is 1060 g/mol. The molecule has 1 aromatic carbocycles. The van der Waals surface area contributed by atoms with Gasteiger partial charge in [-0.05, 0) is 104 Å². The number of hydrogen-bond acceptors (Lipinski definition) is 17. The summed E-state index contributed by atoms with van der Waals surface area (Å²) in [5.74, 6) is -2.78. The number of benzene rings is 1. The lowest BCUT2D eigenvalue weighted by molar-refractivity contribution is -0.275. The van der Waals surface area contributed by atoms with E-state index in [9.17, 15) is 38.9 Å². The molecule has 3 aliphatic heterocycles. The topological polar surface area (TPSA) is 228 Å². The number of aromatic nitrogens is 3. The lowest BCUT2D eigenvalue weighted by atomic mass is 9.68. The first kappa shape index (κ1) is 61.3. The molecule has 4 heterocycles. The molecule has 0 amide bonds. The fourth-order valence-corrected chi connectivity index (χ4v) is 12.9. The fourth-order valence-electron chi connectivity index (χ4n) is 12.0. The van der Waals surface area contributed by atoms with Crippen molar-refractivity contribution in [3.05, 3.63) is 41.7 Å². The third kappa shape index (κ3) is 14.5. The number of esters is 1.